The van der Waals surface area contributed by atoms with Gasteiger partial charge in [-0.1, -0.05) is 13.0 Å². The summed E-state index contributed by atoms with van der Waals surface area (Å²) >= 11 is 0. The third-order valence-corrected chi connectivity index (χ3v) is 4.29. The molecule has 1 aromatic carbocycles. The minimum atomic E-state index is -4.52. The van der Waals surface area contributed by atoms with Crippen LogP contribution in [-0.2, 0) is 15.7 Å². The van der Waals surface area contributed by atoms with Crippen LogP contribution in [-0.4, -0.2) is 41.4 Å². The molecule has 0 bridgehead atoms. The Morgan fingerprint density at radius 3 is 2.46 bits per heavy atom. The number of carbonyl (C=O) groups is 2. The fourth-order valence-electron chi connectivity index (χ4n) is 2.44. The summed E-state index contributed by atoms with van der Waals surface area (Å²) in [5, 5.41) is 6.57. The normalized spacial score (nSPS) is 13.5. The van der Waals surface area contributed by atoms with E-state index < -0.39 is 29.2 Å². The van der Waals surface area contributed by atoms with Gasteiger partial charge < -0.3 is 14.8 Å². The molecule has 0 radical (unpaired) electrons. The number of carbonyl (C=O) groups excluding carboxylic acids is 2. The Labute approximate surface area is 159 Å². The number of hydrogen-bond donors (Lipinski definition) is 1. The summed E-state index contributed by atoms with van der Waals surface area (Å²) in [7, 11) is 2.49. The molecule has 0 fully saturated rings. The number of ether oxygens (including phenoxy) is 2. The number of esters is 1. The van der Waals surface area contributed by atoms with E-state index in [1.807, 2.05) is 0 Å². The third-order valence-electron chi connectivity index (χ3n) is 4.29. The third kappa shape index (κ3) is 4.26. The maximum absolute atomic E-state index is 12.9. The first-order valence-electron chi connectivity index (χ1n) is 8.28. The Hall–Kier alpha value is -3.04. The highest BCUT2D eigenvalue weighted by molar-refractivity contribution is 5.98. The monoisotopic (exact) mass is 399 g/mol. The van der Waals surface area contributed by atoms with Crippen molar-refractivity contribution >= 4 is 11.9 Å². The van der Waals surface area contributed by atoms with Gasteiger partial charge in [-0.15, -0.1) is 0 Å². The van der Waals surface area contributed by atoms with Gasteiger partial charge in [-0.3, -0.25) is 4.79 Å². The summed E-state index contributed by atoms with van der Waals surface area (Å²) in [5.41, 5.74) is -2.23. The highest BCUT2D eigenvalue weighted by Crippen LogP contribution is 2.31. The van der Waals surface area contributed by atoms with Crippen LogP contribution in [0.5, 0.6) is 5.75 Å². The van der Waals surface area contributed by atoms with Crippen LogP contribution in [0, 0.1) is 0 Å². The molecule has 2 rings (SSSR count). The summed E-state index contributed by atoms with van der Waals surface area (Å²) in [6.07, 6.45) is -2.98. The first-order chi connectivity index (χ1) is 13.1. The molecular formula is C18H20F3N3O4. The zero-order valence-corrected chi connectivity index (χ0v) is 15.8. The van der Waals surface area contributed by atoms with E-state index in [1.165, 1.54) is 39.5 Å². The first kappa shape index (κ1) is 21.3. The molecule has 10 heteroatoms. The summed E-state index contributed by atoms with van der Waals surface area (Å²) in [6.45, 7) is 3.18. The molecule has 152 valence electrons. The molecule has 0 saturated carbocycles. The first-order valence-corrected chi connectivity index (χ1v) is 8.28. The molecular weight excluding hydrogens is 379 g/mol. The van der Waals surface area contributed by atoms with E-state index in [2.05, 4.69) is 10.4 Å². The van der Waals surface area contributed by atoms with Gasteiger partial charge in [-0.2, -0.15) is 18.3 Å². The van der Waals surface area contributed by atoms with Crippen LogP contribution in [0.25, 0.3) is 5.69 Å². The largest absolute Gasteiger partial charge is 0.493 e. The van der Waals surface area contributed by atoms with E-state index in [1.54, 1.807) is 6.92 Å². The summed E-state index contributed by atoms with van der Waals surface area (Å²) in [6, 6.07) is 4.48. The zero-order valence-electron chi connectivity index (χ0n) is 15.8. The minimum Gasteiger partial charge on any atom is -0.493 e. The van der Waals surface area contributed by atoms with Crippen molar-refractivity contribution in [3.8, 4) is 11.4 Å². The lowest BCUT2D eigenvalue weighted by molar-refractivity contribution is -0.147. The average Bonchev–Trinajstić information content (AvgIpc) is 3.11. The van der Waals surface area contributed by atoms with Crippen molar-refractivity contribution in [1.29, 1.82) is 0 Å². The second-order valence-electron chi connectivity index (χ2n) is 6.17. The van der Waals surface area contributed by atoms with Crippen molar-refractivity contribution in [2.45, 2.75) is 32.0 Å². The Balaban J connectivity index is 2.40. The fraction of sp³-hybridized carbons (Fsp3) is 0.389. The summed E-state index contributed by atoms with van der Waals surface area (Å²) < 4.78 is 49.7. The standard InChI is InChI=1S/C18H20F3N3O4/c1-5-17(2,16(26)28-4)22-15(25)14-13(27-3)10-24(23-14)12-8-6-7-11(9-12)18(19,20)21/h6-10H,5H2,1-4H3,(H,22,25). The summed E-state index contributed by atoms with van der Waals surface area (Å²) in [4.78, 5) is 24.6. The molecule has 1 atom stereocenters. The highest BCUT2D eigenvalue weighted by atomic mass is 19.4. The van der Waals surface area contributed by atoms with Crippen molar-refractivity contribution in [2.24, 2.45) is 0 Å². The number of amides is 1. The van der Waals surface area contributed by atoms with E-state index in [0.717, 1.165) is 16.8 Å². The molecule has 1 unspecified atom stereocenters. The van der Waals surface area contributed by atoms with Crippen LogP contribution >= 0.6 is 0 Å². The predicted molar refractivity (Wildman–Crippen MR) is 93.3 cm³/mol. The van der Waals surface area contributed by atoms with Gasteiger partial charge in [-0.05, 0) is 31.5 Å². The topological polar surface area (TPSA) is 82.5 Å². The maximum atomic E-state index is 12.9. The average molecular weight is 399 g/mol. The SMILES string of the molecule is CCC(C)(NC(=O)c1nn(-c2cccc(C(F)(F)F)c2)cc1OC)C(=O)OC. The van der Waals surface area contributed by atoms with Crippen molar-refractivity contribution in [2.75, 3.05) is 14.2 Å². The Bertz CT molecular complexity index is 879. The molecule has 0 aliphatic heterocycles. The van der Waals surface area contributed by atoms with Gasteiger partial charge in [-0.25, -0.2) is 9.48 Å². The molecule has 28 heavy (non-hydrogen) atoms. The van der Waals surface area contributed by atoms with Crippen LogP contribution < -0.4 is 10.1 Å². The predicted octanol–water partition coefficient (Wildman–Crippen LogP) is 2.97. The number of methoxy groups -OCH3 is 2. The van der Waals surface area contributed by atoms with Crippen LogP contribution in [0.4, 0.5) is 13.2 Å². The fourth-order valence-corrected chi connectivity index (χ4v) is 2.44. The number of alkyl halides is 3. The van der Waals surface area contributed by atoms with Crippen LogP contribution in [0.3, 0.4) is 0 Å². The molecule has 1 aromatic heterocycles. The lowest BCUT2D eigenvalue weighted by Crippen LogP contribution is -2.52. The minimum absolute atomic E-state index is 0.0400. The second-order valence-corrected chi connectivity index (χ2v) is 6.17. The number of aromatic nitrogens is 2. The molecule has 0 saturated heterocycles. The molecule has 1 heterocycles. The Morgan fingerprint density at radius 1 is 1.25 bits per heavy atom. The van der Waals surface area contributed by atoms with E-state index in [0.29, 0.717) is 0 Å². The number of halogens is 3. The molecule has 1 N–H and O–H groups in total. The van der Waals surface area contributed by atoms with Crippen LogP contribution in [0.2, 0.25) is 0 Å². The Kier molecular flexibility index (Phi) is 6.01. The van der Waals surface area contributed by atoms with Gasteiger partial charge in [0.2, 0.25) is 0 Å². The number of nitrogens with one attached hydrogen (secondary N) is 1. The number of rotatable bonds is 6. The van der Waals surface area contributed by atoms with Crippen LogP contribution in [0.1, 0.15) is 36.3 Å². The molecule has 0 spiro atoms. The highest BCUT2D eigenvalue weighted by Gasteiger charge is 2.36. The zero-order chi connectivity index (χ0) is 21.1. The molecule has 7 nitrogen and oxygen atoms in total. The van der Waals surface area contributed by atoms with E-state index >= 15 is 0 Å². The number of benzene rings is 1. The van der Waals surface area contributed by atoms with Crippen molar-refractivity contribution in [3.63, 3.8) is 0 Å². The molecule has 0 aliphatic rings. The van der Waals surface area contributed by atoms with Gasteiger partial charge in [0.15, 0.2) is 11.4 Å². The Morgan fingerprint density at radius 2 is 1.93 bits per heavy atom. The maximum Gasteiger partial charge on any atom is 0.416 e. The number of hydrogen-bond acceptors (Lipinski definition) is 5. The second kappa shape index (κ2) is 7.91. The van der Waals surface area contributed by atoms with Gasteiger partial charge in [0.1, 0.15) is 5.54 Å². The van der Waals surface area contributed by atoms with E-state index in [4.69, 9.17) is 9.47 Å². The van der Waals surface area contributed by atoms with Crippen molar-refractivity contribution < 1.29 is 32.2 Å². The molecule has 2 aromatic rings. The summed E-state index contributed by atoms with van der Waals surface area (Å²) in [5.74, 6) is -1.32. The van der Waals surface area contributed by atoms with E-state index in [-0.39, 0.29) is 23.6 Å². The lowest BCUT2D eigenvalue weighted by atomic mass is 9.99. The van der Waals surface area contributed by atoms with E-state index in [9.17, 15) is 22.8 Å². The van der Waals surface area contributed by atoms with Crippen molar-refractivity contribution in [1.82, 2.24) is 15.1 Å². The van der Waals surface area contributed by atoms with Gasteiger partial charge in [0.25, 0.3) is 5.91 Å². The number of nitrogens with zero attached hydrogens (tertiary/aromatic N) is 2. The quantitative estimate of drug-likeness (QED) is 0.756. The molecule has 0 aliphatic carbocycles. The smallest absolute Gasteiger partial charge is 0.416 e. The van der Waals surface area contributed by atoms with Crippen LogP contribution in [0.15, 0.2) is 30.5 Å². The van der Waals surface area contributed by atoms with Gasteiger partial charge in [0, 0.05) is 0 Å². The van der Waals surface area contributed by atoms with Crippen molar-refractivity contribution in [3.05, 3.63) is 41.7 Å². The van der Waals surface area contributed by atoms with Gasteiger partial charge >= 0.3 is 12.1 Å². The molecule has 1 amide bonds. The van der Waals surface area contributed by atoms with Gasteiger partial charge in [0.05, 0.1) is 31.7 Å². The lowest BCUT2D eigenvalue weighted by Gasteiger charge is -2.26.